The van der Waals surface area contributed by atoms with Crippen molar-refractivity contribution >= 4 is 0 Å². The molecule has 1 N–H and O–H groups in total. The van der Waals surface area contributed by atoms with E-state index >= 15 is 0 Å². The highest BCUT2D eigenvalue weighted by molar-refractivity contribution is 5.31. The van der Waals surface area contributed by atoms with Crippen molar-refractivity contribution in [3.8, 4) is 0 Å². The lowest BCUT2D eigenvalue weighted by molar-refractivity contribution is 0.380. The minimum absolute atomic E-state index is 0.0961. The molecule has 1 aliphatic heterocycles. The van der Waals surface area contributed by atoms with Crippen LogP contribution in [0.5, 0.6) is 0 Å². The molecule has 2 rings (SSSR count). The Morgan fingerprint density at radius 1 is 1.50 bits per heavy atom. The molecule has 12 heavy (non-hydrogen) atoms. The van der Waals surface area contributed by atoms with Crippen LogP contribution in [-0.4, -0.2) is 6.54 Å². The minimum Gasteiger partial charge on any atom is -0.310 e. The van der Waals surface area contributed by atoms with E-state index in [9.17, 15) is 4.39 Å². The molecule has 0 unspecified atom stereocenters. The van der Waals surface area contributed by atoms with Gasteiger partial charge in [-0.15, -0.1) is 0 Å². The summed E-state index contributed by atoms with van der Waals surface area (Å²) in [5.41, 5.74) is 1.90. The van der Waals surface area contributed by atoms with Gasteiger partial charge in [-0.2, -0.15) is 0 Å². The summed E-state index contributed by atoms with van der Waals surface area (Å²) in [5.74, 6) is -0.0961. The van der Waals surface area contributed by atoms with E-state index in [2.05, 4.69) is 5.32 Å². The van der Waals surface area contributed by atoms with Crippen molar-refractivity contribution in [3.63, 3.8) is 0 Å². The molecule has 1 nitrogen and oxygen atoms in total. The minimum atomic E-state index is -0.0961. The zero-order valence-electron chi connectivity index (χ0n) is 7.10. The molecule has 0 aliphatic carbocycles. The van der Waals surface area contributed by atoms with Gasteiger partial charge in [0, 0.05) is 6.04 Å². The molecule has 0 spiro atoms. The number of hydrogen-bond acceptors (Lipinski definition) is 1. The Kier molecular flexibility index (Phi) is 1.85. The van der Waals surface area contributed by atoms with Crippen LogP contribution in [-0.2, 0) is 0 Å². The largest absolute Gasteiger partial charge is 0.310 e. The van der Waals surface area contributed by atoms with Crippen LogP contribution < -0.4 is 5.32 Å². The average Bonchev–Trinajstić information content (AvgIpc) is 1.95. The van der Waals surface area contributed by atoms with E-state index in [1.165, 1.54) is 6.07 Å². The Morgan fingerprint density at radius 2 is 2.25 bits per heavy atom. The Balaban J connectivity index is 2.36. The molecular weight excluding hydrogens is 153 g/mol. The lowest BCUT2D eigenvalue weighted by Gasteiger charge is -2.29. The van der Waals surface area contributed by atoms with Gasteiger partial charge >= 0.3 is 0 Å². The highest BCUT2D eigenvalue weighted by Gasteiger charge is 2.20. The van der Waals surface area contributed by atoms with E-state index in [1.807, 2.05) is 13.0 Å². The zero-order chi connectivity index (χ0) is 8.55. The van der Waals surface area contributed by atoms with Gasteiger partial charge in [-0.3, -0.25) is 0 Å². The molecule has 1 atom stereocenters. The molecule has 1 heterocycles. The smallest absolute Gasteiger partial charge is 0.126 e. The standard InChI is InChI=1S/C10H12FN/c1-7-8(10-5-6-12-10)3-2-4-9(7)11/h2-4,10,12H,5-6H2,1H3/t10-/m0/s1. The van der Waals surface area contributed by atoms with Crippen LogP contribution >= 0.6 is 0 Å². The molecule has 2 heteroatoms. The summed E-state index contributed by atoms with van der Waals surface area (Å²) in [7, 11) is 0. The van der Waals surface area contributed by atoms with Crippen molar-refractivity contribution in [1.82, 2.24) is 5.32 Å². The van der Waals surface area contributed by atoms with Gasteiger partial charge in [-0.05, 0) is 37.1 Å². The van der Waals surface area contributed by atoms with Crippen molar-refractivity contribution in [2.45, 2.75) is 19.4 Å². The van der Waals surface area contributed by atoms with Crippen LogP contribution in [0.25, 0.3) is 0 Å². The Labute approximate surface area is 71.6 Å². The number of hydrogen-bond donors (Lipinski definition) is 1. The van der Waals surface area contributed by atoms with Crippen LogP contribution in [0.15, 0.2) is 18.2 Å². The quantitative estimate of drug-likeness (QED) is 0.672. The third kappa shape index (κ3) is 1.12. The first kappa shape index (κ1) is 7.74. The SMILES string of the molecule is Cc1c(F)cccc1[C@@H]1CCN1. The lowest BCUT2D eigenvalue weighted by atomic mass is 9.94. The monoisotopic (exact) mass is 165 g/mol. The van der Waals surface area contributed by atoms with Gasteiger partial charge in [0.15, 0.2) is 0 Å². The van der Waals surface area contributed by atoms with Gasteiger partial charge in [-0.25, -0.2) is 4.39 Å². The molecule has 0 saturated carbocycles. The summed E-state index contributed by atoms with van der Waals surface area (Å²) in [4.78, 5) is 0. The highest BCUT2D eigenvalue weighted by atomic mass is 19.1. The maximum atomic E-state index is 13.1. The summed E-state index contributed by atoms with van der Waals surface area (Å²) in [6.45, 7) is 2.89. The molecule has 0 radical (unpaired) electrons. The first-order chi connectivity index (χ1) is 5.79. The van der Waals surface area contributed by atoms with Crippen molar-refractivity contribution in [2.24, 2.45) is 0 Å². The van der Waals surface area contributed by atoms with Gasteiger partial charge in [0.25, 0.3) is 0 Å². The molecule has 64 valence electrons. The predicted molar refractivity (Wildman–Crippen MR) is 46.5 cm³/mol. The van der Waals surface area contributed by atoms with Gasteiger partial charge in [0.2, 0.25) is 0 Å². The maximum absolute atomic E-state index is 13.1. The first-order valence-corrected chi connectivity index (χ1v) is 4.27. The fraction of sp³-hybridized carbons (Fsp3) is 0.400. The van der Waals surface area contributed by atoms with Gasteiger partial charge < -0.3 is 5.32 Å². The van der Waals surface area contributed by atoms with Crippen molar-refractivity contribution in [1.29, 1.82) is 0 Å². The van der Waals surface area contributed by atoms with Gasteiger partial charge in [0.1, 0.15) is 5.82 Å². The second-order valence-corrected chi connectivity index (χ2v) is 3.25. The third-order valence-corrected chi connectivity index (χ3v) is 2.51. The van der Waals surface area contributed by atoms with Crippen molar-refractivity contribution < 1.29 is 4.39 Å². The average molecular weight is 165 g/mol. The Bertz CT molecular complexity index is 292. The van der Waals surface area contributed by atoms with Crippen LogP contribution in [0.4, 0.5) is 4.39 Å². The second-order valence-electron chi connectivity index (χ2n) is 3.25. The summed E-state index contributed by atoms with van der Waals surface area (Å²) >= 11 is 0. The van der Waals surface area contributed by atoms with Gasteiger partial charge in [0.05, 0.1) is 0 Å². The van der Waals surface area contributed by atoms with Crippen LogP contribution in [0, 0.1) is 12.7 Å². The first-order valence-electron chi connectivity index (χ1n) is 4.27. The molecule has 1 fully saturated rings. The molecule has 1 aromatic carbocycles. The van der Waals surface area contributed by atoms with Gasteiger partial charge in [-0.1, -0.05) is 12.1 Å². The Morgan fingerprint density at radius 3 is 2.83 bits per heavy atom. The number of rotatable bonds is 1. The summed E-state index contributed by atoms with van der Waals surface area (Å²) in [6, 6.07) is 5.67. The molecule has 1 aliphatic rings. The number of benzene rings is 1. The fourth-order valence-electron chi connectivity index (χ4n) is 1.56. The molecule has 0 aromatic heterocycles. The van der Waals surface area contributed by atoms with E-state index < -0.39 is 0 Å². The van der Waals surface area contributed by atoms with E-state index in [0.29, 0.717) is 6.04 Å². The topological polar surface area (TPSA) is 12.0 Å². The molecular formula is C10H12FN. The van der Waals surface area contributed by atoms with Crippen LogP contribution in [0.1, 0.15) is 23.6 Å². The maximum Gasteiger partial charge on any atom is 0.126 e. The zero-order valence-corrected chi connectivity index (χ0v) is 7.10. The Hall–Kier alpha value is -0.890. The molecule has 0 amide bonds. The number of nitrogens with one attached hydrogen (secondary N) is 1. The second kappa shape index (κ2) is 2.87. The predicted octanol–water partition coefficient (Wildman–Crippen LogP) is 2.17. The van der Waals surface area contributed by atoms with E-state index in [4.69, 9.17) is 0 Å². The van der Waals surface area contributed by atoms with E-state index in [1.54, 1.807) is 6.07 Å². The third-order valence-electron chi connectivity index (χ3n) is 2.51. The summed E-state index contributed by atoms with van der Waals surface area (Å²) in [5, 5.41) is 3.26. The van der Waals surface area contributed by atoms with Crippen LogP contribution in [0.2, 0.25) is 0 Å². The summed E-state index contributed by atoms with van der Waals surface area (Å²) < 4.78 is 13.1. The van der Waals surface area contributed by atoms with Crippen molar-refractivity contribution in [3.05, 3.63) is 35.1 Å². The fourth-order valence-corrected chi connectivity index (χ4v) is 1.56. The lowest BCUT2D eigenvalue weighted by Crippen LogP contribution is -2.35. The normalized spacial score (nSPS) is 22.0. The van der Waals surface area contributed by atoms with Crippen LogP contribution in [0.3, 0.4) is 0 Å². The van der Waals surface area contributed by atoms with E-state index in [-0.39, 0.29) is 5.82 Å². The van der Waals surface area contributed by atoms with Crippen molar-refractivity contribution in [2.75, 3.05) is 6.54 Å². The molecule has 1 saturated heterocycles. The number of halogens is 1. The molecule has 0 bridgehead atoms. The highest BCUT2D eigenvalue weighted by Crippen LogP contribution is 2.26. The summed E-state index contributed by atoms with van der Waals surface area (Å²) in [6.07, 6.45) is 1.13. The van der Waals surface area contributed by atoms with E-state index in [0.717, 1.165) is 24.1 Å². The molecule has 1 aromatic rings.